The highest BCUT2D eigenvalue weighted by Gasteiger charge is 2.26. The third-order valence-corrected chi connectivity index (χ3v) is 4.55. The average Bonchev–Trinajstić information content (AvgIpc) is 2.89. The molecule has 0 spiro atoms. The summed E-state index contributed by atoms with van der Waals surface area (Å²) in [5.74, 6) is 3.85. The number of hydrogen-bond donors (Lipinski definition) is 1. The molecular weight excluding hydrogens is 286 g/mol. The number of hydrogen-bond acceptors (Lipinski definition) is 5. The third kappa shape index (κ3) is 5.05. The second-order valence-corrected chi connectivity index (χ2v) is 6.81. The van der Waals surface area contributed by atoms with Crippen LogP contribution in [-0.2, 0) is 11.3 Å². The predicted molar refractivity (Wildman–Crippen MR) is 86.5 cm³/mol. The molecule has 1 aromatic heterocycles. The van der Waals surface area contributed by atoms with Crippen molar-refractivity contribution in [2.75, 3.05) is 45.2 Å². The number of carbonyl (C=O) groups excluding carboxylic acids is 1. The maximum atomic E-state index is 12.7. The fraction of sp³-hybridized carbons (Fsp3) is 0.667. The Bertz CT molecular complexity index is 456. The van der Waals surface area contributed by atoms with Gasteiger partial charge >= 0.3 is 0 Å². The molecule has 1 atom stereocenters. The van der Waals surface area contributed by atoms with Crippen LogP contribution in [0.5, 0.6) is 0 Å². The number of aryl methyl sites for hydroxylation is 1. The molecule has 0 aromatic carbocycles. The van der Waals surface area contributed by atoms with Gasteiger partial charge in [0.15, 0.2) is 0 Å². The van der Waals surface area contributed by atoms with E-state index in [1.165, 1.54) is 0 Å². The van der Waals surface area contributed by atoms with E-state index in [4.69, 9.17) is 4.42 Å². The number of likely N-dealkylation sites (N-methyl/N-ethyl adjacent to an activating group) is 1. The van der Waals surface area contributed by atoms with Gasteiger partial charge in [-0.3, -0.25) is 4.79 Å². The van der Waals surface area contributed by atoms with Crippen LogP contribution in [0.15, 0.2) is 16.5 Å². The Balaban J connectivity index is 2.01. The minimum absolute atomic E-state index is 0.0676. The summed E-state index contributed by atoms with van der Waals surface area (Å²) in [6.45, 7) is 4.94. The number of thioether (sulfide) groups is 1. The Kier molecular flexibility index (Phi) is 6.14. The van der Waals surface area contributed by atoms with Crippen molar-refractivity contribution >= 4 is 17.7 Å². The first-order valence-electron chi connectivity index (χ1n) is 7.36. The van der Waals surface area contributed by atoms with Gasteiger partial charge in [0.2, 0.25) is 5.91 Å². The molecule has 0 aliphatic carbocycles. The van der Waals surface area contributed by atoms with E-state index in [1.807, 2.05) is 49.8 Å². The normalized spacial score (nSPS) is 19.0. The van der Waals surface area contributed by atoms with Crippen LogP contribution in [0.2, 0.25) is 0 Å². The van der Waals surface area contributed by atoms with Gasteiger partial charge in [0.1, 0.15) is 11.5 Å². The topological polar surface area (TPSA) is 48.7 Å². The quantitative estimate of drug-likeness (QED) is 0.855. The fourth-order valence-electron chi connectivity index (χ4n) is 2.29. The van der Waals surface area contributed by atoms with E-state index < -0.39 is 0 Å². The van der Waals surface area contributed by atoms with Gasteiger partial charge in [0, 0.05) is 31.1 Å². The summed E-state index contributed by atoms with van der Waals surface area (Å²) in [6.07, 6.45) is 0. The summed E-state index contributed by atoms with van der Waals surface area (Å²) in [4.78, 5) is 16.7. The molecule has 1 amide bonds. The van der Waals surface area contributed by atoms with Crippen LogP contribution in [0, 0.1) is 6.92 Å². The lowest BCUT2D eigenvalue weighted by Crippen LogP contribution is -2.51. The van der Waals surface area contributed by atoms with Crippen molar-refractivity contribution in [2.24, 2.45) is 0 Å². The highest BCUT2D eigenvalue weighted by Crippen LogP contribution is 2.14. The smallest absolute Gasteiger partial charge is 0.241 e. The van der Waals surface area contributed by atoms with Gasteiger partial charge in [-0.2, -0.15) is 11.8 Å². The van der Waals surface area contributed by atoms with Crippen molar-refractivity contribution < 1.29 is 9.21 Å². The first-order valence-corrected chi connectivity index (χ1v) is 8.51. The highest BCUT2D eigenvalue weighted by molar-refractivity contribution is 7.99. The second kappa shape index (κ2) is 7.87. The zero-order valence-electron chi connectivity index (χ0n) is 13.1. The van der Waals surface area contributed by atoms with Crippen LogP contribution in [-0.4, -0.2) is 67.0 Å². The molecule has 5 nitrogen and oxygen atoms in total. The van der Waals surface area contributed by atoms with E-state index >= 15 is 0 Å². The molecular formula is C15H25N3O2S. The second-order valence-electron chi connectivity index (χ2n) is 5.66. The van der Waals surface area contributed by atoms with Gasteiger partial charge in [-0.1, -0.05) is 0 Å². The van der Waals surface area contributed by atoms with Crippen LogP contribution < -0.4 is 5.32 Å². The lowest BCUT2D eigenvalue weighted by atomic mass is 10.2. The zero-order chi connectivity index (χ0) is 15.2. The summed E-state index contributed by atoms with van der Waals surface area (Å²) >= 11 is 1.84. The molecule has 2 heterocycles. The number of furan rings is 1. The molecule has 0 bridgehead atoms. The van der Waals surface area contributed by atoms with E-state index in [2.05, 4.69) is 10.2 Å². The molecule has 21 heavy (non-hydrogen) atoms. The maximum absolute atomic E-state index is 12.7. The lowest BCUT2D eigenvalue weighted by molar-refractivity contribution is -0.134. The van der Waals surface area contributed by atoms with E-state index in [1.54, 1.807) is 0 Å². The molecule has 1 aliphatic rings. The van der Waals surface area contributed by atoms with E-state index in [9.17, 15) is 4.79 Å². The Labute approximate surface area is 131 Å². The van der Waals surface area contributed by atoms with Crippen molar-refractivity contribution in [3.8, 4) is 0 Å². The SMILES string of the molecule is Cc1ccc(CN(CCN(C)C)C(=O)C2CSCCN2)o1. The molecule has 1 aromatic rings. The van der Waals surface area contributed by atoms with Crippen molar-refractivity contribution in [1.82, 2.24) is 15.1 Å². The Hall–Kier alpha value is -0.980. The minimum Gasteiger partial charge on any atom is -0.464 e. The van der Waals surface area contributed by atoms with Gasteiger partial charge in [-0.25, -0.2) is 0 Å². The molecule has 118 valence electrons. The summed E-state index contributed by atoms with van der Waals surface area (Å²) in [7, 11) is 4.04. The summed E-state index contributed by atoms with van der Waals surface area (Å²) in [5.41, 5.74) is 0. The largest absolute Gasteiger partial charge is 0.464 e. The third-order valence-electron chi connectivity index (χ3n) is 3.49. The molecule has 1 unspecified atom stereocenters. The minimum atomic E-state index is -0.0676. The van der Waals surface area contributed by atoms with Crippen molar-refractivity contribution in [3.05, 3.63) is 23.7 Å². The van der Waals surface area contributed by atoms with Gasteiger partial charge in [0.05, 0.1) is 12.6 Å². The molecule has 1 fully saturated rings. The highest BCUT2D eigenvalue weighted by atomic mass is 32.2. The molecule has 6 heteroatoms. The standard InChI is InChI=1S/C15H25N3O2S/c1-12-4-5-13(20-12)10-18(8-7-17(2)3)15(19)14-11-21-9-6-16-14/h4-5,14,16H,6-11H2,1-3H3. The monoisotopic (exact) mass is 311 g/mol. The Morgan fingerprint density at radius 1 is 1.43 bits per heavy atom. The molecule has 1 N–H and O–H groups in total. The number of amides is 1. The van der Waals surface area contributed by atoms with Crippen LogP contribution in [0.1, 0.15) is 11.5 Å². The molecule has 1 saturated heterocycles. The fourth-order valence-corrected chi connectivity index (χ4v) is 3.22. The van der Waals surface area contributed by atoms with E-state index in [0.717, 1.165) is 36.1 Å². The van der Waals surface area contributed by atoms with E-state index in [-0.39, 0.29) is 11.9 Å². The molecule has 2 rings (SSSR count). The van der Waals surface area contributed by atoms with Crippen molar-refractivity contribution in [2.45, 2.75) is 19.5 Å². The van der Waals surface area contributed by atoms with Gasteiger partial charge in [-0.05, 0) is 33.2 Å². The van der Waals surface area contributed by atoms with Crippen LogP contribution in [0.25, 0.3) is 0 Å². The first kappa shape index (κ1) is 16.4. The molecule has 1 aliphatic heterocycles. The van der Waals surface area contributed by atoms with Crippen LogP contribution in [0.3, 0.4) is 0 Å². The number of rotatable bonds is 6. The van der Waals surface area contributed by atoms with Crippen molar-refractivity contribution in [1.29, 1.82) is 0 Å². The van der Waals surface area contributed by atoms with Gasteiger partial charge < -0.3 is 19.5 Å². The maximum Gasteiger partial charge on any atom is 0.241 e. The van der Waals surface area contributed by atoms with Gasteiger partial charge in [-0.15, -0.1) is 0 Å². The summed E-state index contributed by atoms with van der Waals surface area (Å²) in [5, 5.41) is 3.32. The predicted octanol–water partition coefficient (Wildman–Crippen LogP) is 1.18. The molecule has 0 radical (unpaired) electrons. The van der Waals surface area contributed by atoms with E-state index in [0.29, 0.717) is 13.1 Å². The number of nitrogens with zero attached hydrogens (tertiary/aromatic N) is 2. The van der Waals surface area contributed by atoms with Gasteiger partial charge in [0.25, 0.3) is 0 Å². The van der Waals surface area contributed by atoms with Crippen LogP contribution in [0.4, 0.5) is 0 Å². The molecule has 0 saturated carbocycles. The average molecular weight is 311 g/mol. The zero-order valence-corrected chi connectivity index (χ0v) is 13.9. The summed E-state index contributed by atoms with van der Waals surface area (Å²) < 4.78 is 5.63. The summed E-state index contributed by atoms with van der Waals surface area (Å²) in [6, 6.07) is 3.83. The lowest BCUT2D eigenvalue weighted by Gasteiger charge is -2.30. The van der Waals surface area contributed by atoms with Crippen LogP contribution >= 0.6 is 11.8 Å². The Morgan fingerprint density at radius 2 is 2.24 bits per heavy atom. The first-order chi connectivity index (χ1) is 10.1. The number of carbonyl (C=O) groups is 1. The van der Waals surface area contributed by atoms with Crippen molar-refractivity contribution in [3.63, 3.8) is 0 Å². The number of nitrogens with one attached hydrogen (secondary N) is 1. The Morgan fingerprint density at radius 3 is 2.81 bits per heavy atom.